The number of carbonyl (C=O) groups is 1. The number of rotatable bonds is 6. The van der Waals surface area contributed by atoms with Gasteiger partial charge in [-0.3, -0.25) is 4.79 Å². The van der Waals surface area contributed by atoms with Crippen molar-refractivity contribution in [2.75, 3.05) is 19.0 Å². The van der Waals surface area contributed by atoms with Crippen molar-refractivity contribution in [1.29, 1.82) is 10.5 Å². The monoisotopic (exact) mass is 427 g/mol. The fourth-order valence-electron chi connectivity index (χ4n) is 2.13. The summed E-state index contributed by atoms with van der Waals surface area (Å²) in [4.78, 5) is 12.3. The predicted octanol–water partition coefficient (Wildman–Crippen LogP) is 3.61. The first kappa shape index (κ1) is 19.8. The summed E-state index contributed by atoms with van der Waals surface area (Å²) in [6, 6.07) is 12.8. The van der Waals surface area contributed by atoms with Gasteiger partial charge in [-0.15, -0.1) is 0 Å². The van der Waals surface area contributed by atoms with Crippen molar-refractivity contribution in [1.82, 2.24) is 0 Å². The number of aromatic hydroxyl groups is 1. The molecule has 0 spiro atoms. The van der Waals surface area contributed by atoms with Crippen molar-refractivity contribution >= 4 is 33.6 Å². The lowest BCUT2D eigenvalue weighted by Crippen LogP contribution is -2.13. The number of nitriles is 2. The van der Waals surface area contributed by atoms with Crippen molar-refractivity contribution in [3.05, 3.63) is 52.0 Å². The second-order valence-electron chi connectivity index (χ2n) is 5.15. The number of carbonyl (C=O) groups excluding carboxylic acids is 1. The molecule has 0 unspecified atom stereocenters. The number of nitrogens with one attached hydrogen (secondary N) is 1. The van der Waals surface area contributed by atoms with Gasteiger partial charge in [-0.1, -0.05) is 0 Å². The Kier molecular flexibility index (Phi) is 6.81. The van der Waals surface area contributed by atoms with Gasteiger partial charge in [0.1, 0.15) is 23.5 Å². The Morgan fingerprint density at radius 1 is 1.30 bits per heavy atom. The summed E-state index contributed by atoms with van der Waals surface area (Å²) < 4.78 is 11.1. The highest BCUT2D eigenvalue weighted by Gasteiger charge is 2.14. The van der Waals surface area contributed by atoms with E-state index in [9.17, 15) is 15.2 Å². The first-order valence-corrected chi connectivity index (χ1v) is 8.37. The van der Waals surface area contributed by atoms with Crippen LogP contribution in [0.4, 0.5) is 5.69 Å². The van der Waals surface area contributed by atoms with Crippen LogP contribution < -0.4 is 14.8 Å². The van der Waals surface area contributed by atoms with Crippen molar-refractivity contribution < 1.29 is 19.4 Å². The number of benzene rings is 2. The van der Waals surface area contributed by atoms with Gasteiger partial charge < -0.3 is 19.9 Å². The van der Waals surface area contributed by atoms with Crippen molar-refractivity contribution in [3.63, 3.8) is 0 Å². The number of methoxy groups -OCH3 is 1. The molecule has 0 aliphatic carbocycles. The highest BCUT2D eigenvalue weighted by atomic mass is 79.9. The van der Waals surface area contributed by atoms with Gasteiger partial charge in [0.05, 0.1) is 11.6 Å². The number of phenols is 1. The molecule has 0 atom stereocenters. The van der Waals surface area contributed by atoms with Gasteiger partial charge in [0.15, 0.2) is 18.1 Å². The quantitative estimate of drug-likeness (QED) is 0.413. The Morgan fingerprint density at radius 3 is 2.59 bits per heavy atom. The summed E-state index contributed by atoms with van der Waals surface area (Å²) in [5.74, 6) is 0.174. The molecule has 0 aromatic heterocycles. The maximum atomic E-state index is 12.3. The van der Waals surface area contributed by atoms with E-state index in [0.717, 1.165) is 0 Å². The SMILES string of the molecule is COc1cc(/C=C(\C#N)C(=O)Nc2ccc(O)cc2)cc(Br)c1OCC#N. The Hall–Kier alpha value is -3.49. The molecule has 7 nitrogen and oxygen atoms in total. The molecule has 1 amide bonds. The van der Waals surface area contributed by atoms with Crippen LogP contribution in [0.25, 0.3) is 6.08 Å². The van der Waals surface area contributed by atoms with E-state index in [1.807, 2.05) is 12.1 Å². The topological polar surface area (TPSA) is 115 Å². The molecule has 0 fully saturated rings. The van der Waals surface area contributed by atoms with Crippen LogP contribution in [-0.4, -0.2) is 24.7 Å². The summed E-state index contributed by atoms with van der Waals surface area (Å²) in [7, 11) is 1.44. The van der Waals surface area contributed by atoms with E-state index in [2.05, 4.69) is 21.2 Å². The second-order valence-corrected chi connectivity index (χ2v) is 6.01. The van der Waals surface area contributed by atoms with E-state index in [1.54, 1.807) is 12.1 Å². The highest BCUT2D eigenvalue weighted by molar-refractivity contribution is 9.10. The smallest absolute Gasteiger partial charge is 0.266 e. The lowest BCUT2D eigenvalue weighted by Gasteiger charge is -2.11. The van der Waals surface area contributed by atoms with E-state index < -0.39 is 5.91 Å². The van der Waals surface area contributed by atoms with E-state index >= 15 is 0 Å². The van der Waals surface area contributed by atoms with Crippen LogP contribution in [-0.2, 0) is 4.79 Å². The maximum Gasteiger partial charge on any atom is 0.266 e. The fourth-order valence-corrected chi connectivity index (χ4v) is 2.70. The van der Waals surface area contributed by atoms with Crippen LogP contribution >= 0.6 is 15.9 Å². The molecule has 27 heavy (non-hydrogen) atoms. The van der Waals surface area contributed by atoms with Gasteiger partial charge in [0.25, 0.3) is 5.91 Å². The van der Waals surface area contributed by atoms with Crippen LogP contribution in [0.5, 0.6) is 17.2 Å². The van der Waals surface area contributed by atoms with E-state index in [0.29, 0.717) is 27.2 Å². The number of phenolic OH excluding ortho intramolecular Hbond substituents is 1. The summed E-state index contributed by atoms with van der Waals surface area (Å²) in [5, 5.41) is 29.8. The standard InChI is InChI=1S/C19H14BrN3O4/c1-26-17-10-12(9-16(20)18(17)27-7-6-21)8-13(11-22)19(25)23-14-2-4-15(24)5-3-14/h2-5,8-10,24H,7H2,1H3,(H,23,25)/b13-8+. The van der Waals surface area contributed by atoms with Gasteiger partial charge in [-0.05, 0) is 64.0 Å². The number of amides is 1. The number of nitrogens with zero attached hydrogens (tertiary/aromatic N) is 2. The van der Waals surface area contributed by atoms with E-state index in [-0.39, 0.29) is 17.9 Å². The molecule has 0 aliphatic heterocycles. The minimum absolute atomic E-state index is 0.0692. The maximum absolute atomic E-state index is 12.3. The zero-order valence-electron chi connectivity index (χ0n) is 14.2. The van der Waals surface area contributed by atoms with Crippen LogP contribution in [0.3, 0.4) is 0 Å². The summed E-state index contributed by atoms with van der Waals surface area (Å²) in [5.41, 5.74) is 0.848. The number of ether oxygens (including phenoxy) is 2. The molecule has 0 bridgehead atoms. The number of halogens is 1. The molecular formula is C19H14BrN3O4. The Balaban J connectivity index is 2.29. The average molecular weight is 428 g/mol. The molecule has 0 saturated carbocycles. The van der Waals surface area contributed by atoms with Gasteiger partial charge in [0, 0.05) is 5.69 Å². The van der Waals surface area contributed by atoms with Crippen LogP contribution in [0.2, 0.25) is 0 Å². The van der Waals surface area contributed by atoms with Crippen LogP contribution in [0.1, 0.15) is 5.56 Å². The summed E-state index contributed by atoms with van der Waals surface area (Å²) >= 11 is 3.33. The molecule has 2 N–H and O–H groups in total. The van der Waals surface area contributed by atoms with Crippen molar-refractivity contribution in [3.8, 4) is 29.4 Å². The third kappa shape index (κ3) is 5.24. The minimum Gasteiger partial charge on any atom is -0.508 e. The average Bonchev–Trinajstić information content (AvgIpc) is 2.66. The van der Waals surface area contributed by atoms with Crippen LogP contribution in [0.15, 0.2) is 46.4 Å². The molecule has 2 rings (SSSR count). The fraction of sp³-hybridized carbons (Fsp3) is 0.105. The molecular weight excluding hydrogens is 414 g/mol. The lowest BCUT2D eigenvalue weighted by molar-refractivity contribution is -0.112. The molecule has 2 aromatic rings. The van der Waals surface area contributed by atoms with Gasteiger partial charge in [-0.2, -0.15) is 10.5 Å². The number of hydrogen-bond acceptors (Lipinski definition) is 6. The third-order valence-corrected chi connectivity index (χ3v) is 3.92. The molecule has 0 heterocycles. The molecule has 2 aromatic carbocycles. The Morgan fingerprint density at radius 2 is 2.00 bits per heavy atom. The highest BCUT2D eigenvalue weighted by Crippen LogP contribution is 2.37. The molecule has 0 radical (unpaired) electrons. The molecule has 0 aliphatic rings. The Bertz CT molecular complexity index is 957. The van der Waals surface area contributed by atoms with Gasteiger partial charge in [-0.25, -0.2) is 0 Å². The van der Waals surface area contributed by atoms with Gasteiger partial charge >= 0.3 is 0 Å². The van der Waals surface area contributed by atoms with Crippen molar-refractivity contribution in [2.24, 2.45) is 0 Å². The number of anilines is 1. The summed E-state index contributed by atoms with van der Waals surface area (Å²) in [6.07, 6.45) is 1.40. The Labute approximate surface area is 164 Å². The zero-order chi connectivity index (χ0) is 19.8. The molecule has 0 saturated heterocycles. The predicted molar refractivity (Wildman–Crippen MR) is 102 cm³/mol. The van der Waals surface area contributed by atoms with Crippen LogP contribution in [0, 0.1) is 22.7 Å². The number of hydrogen-bond donors (Lipinski definition) is 2. The van der Waals surface area contributed by atoms with E-state index in [1.165, 1.54) is 37.5 Å². The molecule has 136 valence electrons. The third-order valence-electron chi connectivity index (χ3n) is 3.33. The minimum atomic E-state index is -0.594. The second kappa shape index (κ2) is 9.27. The first-order valence-electron chi connectivity index (χ1n) is 7.58. The van der Waals surface area contributed by atoms with Gasteiger partial charge in [0.2, 0.25) is 0 Å². The molecule has 8 heteroatoms. The zero-order valence-corrected chi connectivity index (χ0v) is 15.8. The largest absolute Gasteiger partial charge is 0.508 e. The normalized spacial score (nSPS) is 10.4. The van der Waals surface area contributed by atoms with E-state index in [4.69, 9.17) is 14.7 Å². The first-order chi connectivity index (χ1) is 13.0. The van der Waals surface area contributed by atoms with Crippen molar-refractivity contribution in [2.45, 2.75) is 0 Å². The lowest BCUT2D eigenvalue weighted by atomic mass is 10.1. The summed E-state index contributed by atoms with van der Waals surface area (Å²) in [6.45, 7) is -0.150.